The minimum Gasteiger partial charge on any atom is -0.481 e. The van der Waals surface area contributed by atoms with Gasteiger partial charge < -0.3 is 41.4 Å². The summed E-state index contributed by atoms with van der Waals surface area (Å²) in [6.45, 7) is 1.20. The second-order valence-corrected chi connectivity index (χ2v) is 10.3. The zero-order valence-corrected chi connectivity index (χ0v) is 24.6. The van der Waals surface area contributed by atoms with E-state index in [-0.39, 0.29) is 19.1 Å². The van der Waals surface area contributed by atoms with Crippen LogP contribution in [0.25, 0.3) is 10.9 Å². The average Bonchev–Trinajstić information content (AvgIpc) is 3.67. The molecule has 0 saturated carbocycles. The number of carboxylic acids is 2. The van der Waals surface area contributed by atoms with Crippen LogP contribution < -0.4 is 21.3 Å². The topological polar surface area (TPSA) is 270 Å². The fourth-order valence-electron chi connectivity index (χ4n) is 4.63. The van der Waals surface area contributed by atoms with E-state index in [1.807, 2.05) is 18.2 Å². The van der Waals surface area contributed by atoms with Gasteiger partial charge >= 0.3 is 11.9 Å². The summed E-state index contributed by atoms with van der Waals surface area (Å²) in [5, 5.41) is 28.7. The molecule has 17 nitrogen and oxygen atoms in total. The number of hydrogen-bond acceptors (Lipinski definition) is 9. The number of para-hydroxylation sites is 1. The summed E-state index contributed by atoms with van der Waals surface area (Å²) in [4.78, 5) is 107. The van der Waals surface area contributed by atoms with Crippen molar-refractivity contribution in [1.29, 1.82) is 0 Å². The molecule has 2 heterocycles. The number of amides is 4. The first-order chi connectivity index (χ1) is 21.9. The molecule has 0 aliphatic rings. The molecule has 3 rings (SSSR count). The Bertz CT molecular complexity index is 1600. The van der Waals surface area contributed by atoms with E-state index in [1.54, 1.807) is 12.3 Å². The van der Waals surface area contributed by atoms with E-state index >= 15 is 0 Å². The number of carboxylic acid groups (broad SMARTS) is 2. The van der Waals surface area contributed by atoms with Gasteiger partial charge in [0.25, 0.3) is 0 Å². The van der Waals surface area contributed by atoms with E-state index in [9.17, 15) is 43.5 Å². The molecule has 8 N–H and O–H groups in total. The Balaban J connectivity index is 1.84. The Morgan fingerprint density at radius 1 is 0.826 bits per heavy atom. The number of fused-ring (bicyclic) bond motifs is 1. The average molecular weight is 640 g/mol. The van der Waals surface area contributed by atoms with Crippen LogP contribution in [-0.4, -0.2) is 97.0 Å². The van der Waals surface area contributed by atoms with E-state index in [0.717, 1.165) is 10.9 Å². The molecule has 17 heteroatoms. The number of carbonyl (C=O) groups is 8. The molecule has 4 amide bonds. The third kappa shape index (κ3) is 10.1. The molecule has 0 fully saturated rings. The number of H-pyrrole nitrogens is 2. The summed E-state index contributed by atoms with van der Waals surface area (Å²) >= 11 is 0. The normalized spacial score (nSPS) is 13.4. The molecule has 0 bridgehead atoms. The van der Waals surface area contributed by atoms with Crippen LogP contribution in [0.4, 0.5) is 0 Å². The maximum absolute atomic E-state index is 13.5. The van der Waals surface area contributed by atoms with Crippen molar-refractivity contribution in [3.05, 3.63) is 54.2 Å². The first-order valence-electron chi connectivity index (χ1n) is 14.0. The fraction of sp³-hybridized carbons (Fsp3) is 0.345. The molecule has 0 spiro atoms. The molecule has 0 aliphatic heterocycles. The predicted molar refractivity (Wildman–Crippen MR) is 158 cm³/mol. The number of benzene rings is 1. The summed E-state index contributed by atoms with van der Waals surface area (Å²) in [6, 6.07) is 1.36. The quantitative estimate of drug-likeness (QED) is 0.0601. The first-order valence-corrected chi connectivity index (χ1v) is 14.0. The van der Waals surface area contributed by atoms with E-state index < -0.39 is 84.8 Å². The van der Waals surface area contributed by atoms with Gasteiger partial charge in [0.2, 0.25) is 29.4 Å². The SMILES string of the molecule is CC(=O)NC(Cc1c[nH]c2ccccc12)C(=O)NC(CCC(=O)O)C(=O)NC(Cc1cnc[nH]1)C(=O)NC(CC(=O)O)C(=O)C=O. The van der Waals surface area contributed by atoms with Gasteiger partial charge in [-0.2, -0.15) is 0 Å². The lowest BCUT2D eigenvalue weighted by atomic mass is 10.0. The first kappa shape index (κ1) is 34.6. The molecule has 2 aromatic heterocycles. The maximum Gasteiger partial charge on any atom is 0.305 e. The molecule has 4 atom stereocenters. The van der Waals surface area contributed by atoms with E-state index in [0.29, 0.717) is 11.3 Å². The van der Waals surface area contributed by atoms with Crippen LogP contribution in [0.3, 0.4) is 0 Å². The van der Waals surface area contributed by atoms with Gasteiger partial charge in [0.05, 0.1) is 12.7 Å². The van der Waals surface area contributed by atoms with E-state index in [4.69, 9.17) is 5.11 Å². The number of rotatable bonds is 18. The van der Waals surface area contributed by atoms with Crippen molar-refractivity contribution >= 4 is 58.5 Å². The molecule has 244 valence electrons. The van der Waals surface area contributed by atoms with Crippen molar-refractivity contribution in [3.8, 4) is 0 Å². The second kappa shape index (κ2) is 16.3. The number of ketones is 1. The van der Waals surface area contributed by atoms with Crippen molar-refractivity contribution in [2.45, 2.75) is 63.2 Å². The van der Waals surface area contributed by atoms with E-state index in [1.165, 1.54) is 19.4 Å². The number of hydrogen-bond donors (Lipinski definition) is 8. The number of aromatic nitrogens is 3. The minimum atomic E-state index is -1.73. The molecular weight excluding hydrogens is 606 g/mol. The van der Waals surface area contributed by atoms with Crippen LogP contribution in [-0.2, 0) is 51.2 Å². The second-order valence-electron chi connectivity index (χ2n) is 10.3. The number of carbonyl (C=O) groups excluding carboxylic acids is 6. The Morgan fingerprint density at radius 3 is 2.07 bits per heavy atom. The monoisotopic (exact) mass is 639 g/mol. The zero-order valence-electron chi connectivity index (χ0n) is 24.6. The van der Waals surface area contributed by atoms with Crippen LogP contribution >= 0.6 is 0 Å². The number of nitrogens with one attached hydrogen (secondary N) is 6. The molecule has 1 aromatic carbocycles. The highest BCUT2D eigenvalue weighted by Crippen LogP contribution is 2.19. The van der Waals surface area contributed by atoms with Gasteiger partial charge in [-0.05, 0) is 18.1 Å². The van der Waals surface area contributed by atoms with Gasteiger partial charge in [0, 0.05) is 55.2 Å². The summed E-state index contributed by atoms with van der Waals surface area (Å²) in [7, 11) is 0. The van der Waals surface area contributed by atoms with Crippen LogP contribution in [0.1, 0.15) is 37.4 Å². The number of imidazole rings is 1. The Hall–Kier alpha value is -5.87. The van der Waals surface area contributed by atoms with Crippen molar-refractivity contribution < 1.29 is 48.6 Å². The Kier molecular flexibility index (Phi) is 12.2. The minimum absolute atomic E-state index is 0.0171. The zero-order chi connectivity index (χ0) is 33.8. The Labute approximate surface area is 260 Å². The molecule has 0 saturated heterocycles. The van der Waals surface area contributed by atoms with Crippen LogP contribution in [0.15, 0.2) is 43.0 Å². The molecule has 4 unspecified atom stereocenters. The summed E-state index contributed by atoms with van der Waals surface area (Å²) in [5.74, 6) is -7.34. The maximum atomic E-state index is 13.5. The van der Waals surface area contributed by atoms with Crippen LogP contribution in [0.2, 0.25) is 0 Å². The summed E-state index contributed by atoms with van der Waals surface area (Å²) in [5.41, 5.74) is 1.82. The van der Waals surface area contributed by atoms with Crippen molar-refractivity contribution in [2.75, 3.05) is 0 Å². The van der Waals surface area contributed by atoms with E-state index in [2.05, 4.69) is 36.2 Å². The third-order valence-electron chi connectivity index (χ3n) is 6.84. The smallest absolute Gasteiger partial charge is 0.305 e. The molecule has 0 radical (unpaired) electrons. The third-order valence-corrected chi connectivity index (χ3v) is 6.84. The summed E-state index contributed by atoms with van der Waals surface area (Å²) in [6.07, 6.45) is 2.05. The lowest BCUT2D eigenvalue weighted by Gasteiger charge is -2.25. The lowest BCUT2D eigenvalue weighted by molar-refractivity contribution is -0.142. The predicted octanol–water partition coefficient (Wildman–Crippen LogP) is -1.26. The van der Waals surface area contributed by atoms with Gasteiger partial charge in [-0.25, -0.2) is 4.98 Å². The number of aromatic amines is 2. The van der Waals surface area contributed by atoms with Gasteiger partial charge in [-0.3, -0.25) is 38.4 Å². The van der Waals surface area contributed by atoms with Gasteiger partial charge in [-0.1, -0.05) is 18.2 Å². The van der Waals surface area contributed by atoms with Crippen molar-refractivity contribution in [2.24, 2.45) is 0 Å². The number of nitrogens with zero attached hydrogens (tertiary/aromatic N) is 1. The Morgan fingerprint density at radius 2 is 1.46 bits per heavy atom. The highest BCUT2D eigenvalue weighted by atomic mass is 16.4. The lowest BCUT2D eigenvalue weighted by Crippen LogP contribution is -2.58. The standard InChI is InChI=1S/C29H33N7O10/c1-15(38)33-22(8-16-11-31-19-5-3-2-4-18(16)19)28(45)34-20(6-7-25(40)41)27(44)36-23(9-17-12-30-14-32-17)29(46)35-21(10-26(42)43)24(39)13-37/h2-5,11-14,20-23,31H,6-10H2,1H3,(H,30,32)(H,33,38)(H,34,45)(H,35,46)(H,36,44)(H,40,41)(H,42,43). The van der Waals surface area contributed by atoms with Crippen LogP contribution in [0, 0.1) is 0 Å². The van der Waals surface area contributed by atoms with Crippen molar-refractivity contribution in [3.63, 3.8) is 0 Å². The number of aliphatic carboxylic acids is 2. The van der Waals surface area contributed by atoms with Gasteiger partial charge in [-0.15, -0.1) is 0 Å². The number of aldehydes is 1. The van der Waals surface area contributed by atoms with Gasteiger partial charge in [0.15, 0.2) is 6.29 Å². The largest absolute Gasteiger partial charge is 0.481 e. The highest BCUT2D eigenvalue weighted by molar-refractivity contribution is 6.28. The van der Waals surface area contributed by atoms with Crippen molar-refractivity contribution in [1.82, 2.24) is 36.2 Å². The fourth-order valence-corrected chi connectivity index (χ4v) is 4.63. The van der Waals surface area contributed by atoms with Gasteiger partial charge in [0.1, 0.15) is 24.2 Å². The molecule has 0 aliphatic carbocycles. The highest BCUT2D eigenvalue weighted by Gasteiger charge is 2.32. The van der Waals surface area contributed by atoms with Crippen LogP contribution in [0.5, 0.6) is 0 Å². The summed E-state index contributed by atoms with van der Waals surface area (Å²) < 4.78 is 0. The molecule has 46 heavy (non-hydrogen) atoms. The molecule has 3 aromatic rings. The number of Topliss-reactive ketones (excluding diaryl/α,β-unsaturated/α-hetero) is 1. The molecular formula is C29H33N7O10.